The Balaban J connectivity index is 1.81. The summed E-state index contributed by atoms with van der Waals surface area (Å²) in [6.45, 7) is 7.23. The lowest BCUT2D eigenvalue weighted by atomic mass is 9.91. The average molecular weight is 291 g/mol. The SMILES string of the molecule is CC(C)(C)c1nc(C(=O)N2CCCC3C(=O)NCC32)n[nH]1. The Labute approximate surface area is 123 Å². The Morgan fingerprint density at radius 3 is 2.81 bits per heavy atom. The van der Waals surface area contributed by atoms with Crippen molar-refractivity contribution in [3.63, 3.8) is 0 Å². The van der Waals surface area contributed by atoms with Crippen molar-refractivity contribution in [3.8, 4) is 0 Å². The Morgan fingerprint density at radius 2 is 2.14 bits per heavy atom. The van der Waals surface area contributed by atoms with Crippen LogP contribution in [0.4, 0.5) is 0 Å². The monoisotopic (exact) mass is 291 g/mol. The van der Waals surface area contributed by atoms with E-state index < -0.39 is 0 Å². The Morgan fingerprint density at radius 1 is 1.38 bits per heavy atom. The topological polar surface area (TPSA) is 91.0 Å². The van der Waals surface area contributed by atoms with E-state index in [2.05, 4.69) is 20.5 Å². The van der Waals surface area contributed by atoms with Crippen LogP contribution in [0.1, 0.15) is 50.1 Å². The van der Waals surface area contributed by atoms with Crippen LogP contribution in [0.25, 0.3) is 0 Å². The molecular formula is C14H21N5O2. The lowest BCUT2D eigenvalue weighted by Gasteiger charge is -2.35. The quantitative estimate of drug-likeness (QED) is 0.786. The Bertz CT molecular complexity index is 574. The Hall–Kier alpha value is -1.92. The number of rotatable bonds is 1. The second kappa shape index (κ2) is 4.82. The van der Waals surface area contributed by atoms with Crippen LogP contribution in [0.2, 0.25) is 0 Å². The van der Waals surface area contributed by atoms with E-state index in [4.69, 9.17) is 0 Å². The van der Waals surface area contributed by atoms with E-state index in [1.807, 2.05) is 20.8 Å². The number of nitrogens with one attached hydrogen (secondary N) is 2. The number of hydrogen-bond donors (Lipinski definition) is 2. The molecule has 7 nitrogen and oxygen atoms in total. The number of amides is 2. The summed E-state index contributed by atoms with van der Waals surface area (Å²) in [6, 6.07) is -0.0599. The molecule has 2 unspecified atom stereocenters. The van der Waals surface area contributed by atoms with Gasteiger partial charge in [-0.1, -0.05) is 20.8 Å². The molecule has 1 aromatic rings. The standard InChI is InChI=1S/C14H21N5O2/c1-14(2,3)13-16-10(17-18-13)12(21)19-6-4-5-8-9(19)7-15-11(8)20/h8-9H,4-7H2,1-3H3,(H,15,20)(H,16,17,18). The molecule has 3 rings (SSSR count). The summed E-state index contributed by atoms with van der Waals surface area (Å²) in [7, 11) is 0. The van der Waals surface area contributed by atoms with E-state index in [1.165, 1.54) is 0 Å². The van der Waals surface area contributed by atoms with Crippen LogP contribution >= 0.6 is 0 Å². The second-order valence-corrected chi connectivity index (χ2v) is 6.82. The van der Waals surface area contributed by atoms with Gasteiger partial charge in [-0.15, -0.1) is 5.10 Å². The van der Waals surface area contributed by atoms with Crippen molar-refractivity contribution in [3.05, 3.63) is 11.6 Å². The third-order valence-electron chi connectivity index (χ3n) is 4.25. The third kappa shape index (κ3) is 2.41. The molecule has 7 heteroatoms. The summed E-state index contributed by atoms with van der Waals surface area (Å²) in [4.78, 5) is 30.5. The van der Waals surface area contributed by atoms with Crippen molar-refractivity contribution in [2.24, 2.45) is 5.92 Å². The number of piperidine rings is 1. The van der Waals surface area contributed by atoms with Crippen molar-refractivity contribution in [2.75, 3.05) is 13.1 Å². The lowest BCUT2D eigenvalue weighted by Crippen LogP contribution is -2.49. The molecule has 0 radical (unpaired) electrons. The highest BCUT2D eigenvalue weighted by atomic mass is 16.2. The van der Waals surface area contributed by atoms with E-state index in [1.54, 1.807) is 4.90 Å². The maximum atomic E-state index is 12.6. The fourth-order valence-corrected chi connectivity index (χ4v) is 3.02. The summed E-state index contributed by atoms with van der Waals surface area (Å²) in [5.41, 5.74) is -0.180. The number of carbonyl (C=O) groups excluding carboxylic acids is 2. The number of aromatic amines is 1. The normalized spacial score (nSPS) is 25.7. The molecular weight excluding hydrogens is 270 g/mol. The number of fused-ring (bicyclic) bond motifs is 1. The van der Waals surface area contributed by atoms with Gasteiger partial charge >= 0.3 is 0 Å². The predicted octanol–water partition coefficient (Wildman–Crippen LogP) is 0.453. The average Bonchev–Trinajstić information content (AvgIpc) is 3.05. The number of nitrogens with zero attached hydrogens (tertiary/aromatic N) is 3. The molecule has 2 amide bonds. The summed E-state index contributed by atoms with van der Waals surface area (Å²) in [5, 5.41) is 9.75. The van der Waals surface area contributed by atoms with Crippen LogP contribution in [0.15, 0.2) is 0 Å². The van der Waals surface area contributed by atoms with E-state index >= 15 is 0 Å². The third-order valence-corrected chi connectivity index (χ3v) is 4.25. The molecule has 1 aromatic heterocycles. The summed E-state index contributed by atoms with van der Waals surface area (Å²) in [5.74, 6) is 0.680. The largest absolute Gasteiger partial charge is 0.354 e. The van der Waals surface area contributed by atoms with Gasteiger partial charge in [-0.05, 0) is 12.8 Å². The van der Waals surface area contributed by atoms with E-state index in [0.717, 1.165) is 12.8 Å². The first kappa shape index (κ1) is 14.0. The van der Waals surface area contributed by atoms with Crippen LogP contribution in [-0.4, -0.2) is 51.0 Å². The van der Waals surface area contributed by atoms with Gasteiger partial charge in [0.1, 0.15) is 5.82 Å². The molecule has 114 valence electrons. The highest BCUT2D eigenvalue weighted by Crippen LogP contribution is 2.28. The summed E-state index contributed by atoms with van der Waals surface area (Å²) >= 11 is 0. The van der Waals surface area contributed by atoms with Gasteiger partial charge in [-0.2, -0.15) is 0 Å². The number of H-pyrrole nitrogens is 1. The van der Waals surface area contributed by atoms with Crippen LogP contribution in [-0.2, 0) is 10.2 Å². The van der Waals surface area contributed by atoms with Gasteiger partial charge in [-0.3, -0.25) is 14.7 Å². The fraction of sp³-hybridized carbons (Fsp3) is 0.714. The van der Waals surface area contributed by atoms with Crippen molar-refractivity contribution in [1.29, 1.82) is 0 Å². The van der Waals surface area contributed by atoms with E-state index in [9.17, 15) is 9.59 Å². The minimum Gasteiger partial charge on any atom is -0.354 e. The van der Waals surface area contributed by atoms with Crippen LogP contribution < -0.4 is 5.32 Å². The zero-order valence-corrected chi connectivity index (χ0v) is 12.6. The molecule has 0 aliphatic carbocycles. The first-order valence-electron chi connectivity index (χ1n) is 7.39. The van der Waals surface area contributed by atoms with E-state index in [-0.39, 0.29) is 35.0 Å². The summed E-state index contributed by atoms with van der Waals surface area (Å²) in [6.07, 6.45) is 1.69. The second-order valence-electron chi connectivity index (χ2n) is 6.82. The molecule has 2 fully saturated rings. The Kier molecular flexibility index (Phi) is 3.22. The van der Waals surface area contributed by atoms with Gasteiger partial charge in [0.15, 0.2) is 0 Å². The van der Waals surface area contributed by atoms with Crippen LogP contribution in [0.3, 0.4) is 0 Å². The van der Waals surface area contributed by atoms with Crippen molar-refractivity contribution in [1.82, 2.24) is 25.4 Å². The highest BCUT2D eigenvalue weighted by molar-refractivity contribution is 5.92. The molecule has 0 saturated carbocycles. The highest BCUT2D eigenvalue weighted by Gasteiger charge is 2.43. The van der Waals surface area contributed by atoms with Gasteiger partial charge < -0.3 is 10.2 Å². The van der Waals surface area contributed by atoms with Gasteiger partial charge in [0, 0.05) is 18.5 Å². The van der Waals surface area contributed by atoms with E-state index in [0.29, 0.717) is 18.9 Å². The molecule has 3 heterocycles. The first-order chi connectivity index (χ1) is 9.88. The summed E-state index contributed by atoms with van der Waals surface area (Å²) < 4.78 is 0. The number of aromatic nitrogens is 3. The molecule has 0 aromatic carbocycles. The van der Waals surface area contributed by atoms with Crippen LogP contribution in [0.5, 0.6) is 0 Å². The molecule has 2 N–H and O–H groups in total. The fourth-order valence-electron chi connectivity index (χ4n) is 3.02. The smallest absolute Gasteiger partial charge is 0.293 e. The predicted molar refractivity (Wildman–Crippen MR) is 75.6 cm³/mol. The van der Waals surface area contributed by atoms with Crippen molar-refractivity contribution in [2.45, 2.75) is 45.1 Å². The lowest BCUT2D eigenvalue weighted by molar-refractivity contribution is -0.123. The first-order valence-corrected chi connectivity index (χ1v) is 7.39. The number of likely N-dealkylation sites (tertiary alicyclic amines) is 1. The zero-order valence-electron chi connectivity index (χ0n) is 12.6. The molecule has 2 aliphatic rings. The minimum atomic E-state index is -0.187. The molecule has 2 aliphatic heterocycles. The zero-order chi connectivity index (χ0) is 15.2. The van der Waals surface area contributed by atoms with Gasteiger partial charge in [0.25, 0.3) is 5.91 Å². The van der Waals surface area contributed by atoms with Crippen LogP contribution in [0, 0.1) is 5.92 Å². The molecule has 2 atom stereocenters. The maximum Gasteiger partial charge on any atom is 0.293 e. The molecule has 0 spiro atoms. The maximum absolute atomic E-state index is 12.6. The van der Waals surface area contributed by atoms with Gasteiger partial charge in [-0.25, -0.2) is 4.98 Å². The van der Waals surface area contributed by atoms with Gasteiger partial charge in [0.05, 0.1) is 12.0 Å². The molecule has 21 heavy (non-hydrogen) atoms. The number of carbonyl (C=O) groups is 2. The van der Waals surface area contributed by atoms with Crippen molar-refractivity contribution >= 4 is 11.8 Å². The molecule has 2 saturated heterocycles. The molecule has 0 bridgehead atoms. The minimum absolute atomic E-state index is 0.0582. The number of hydrogen-bond acceptors (Lipinski definition) is 4. The van der Waals surface area contributed by atoms with Gasteiger partial charge in [0.2, 0.25) is 11.7 Å². The van der Waals surface area contributed by atoms with Crippen molar-refractivity contribution < 1.29 is 9.59 Å².